The van der Waals surface area contributed by atoms with Gasteiger partial charge >= 0.3 is 0 Å². The van der Waals surface area contributed by atoms with Crippen LogP contribution in [-0.4, -0.2) is 35.5 Å². The van der Waals surface area contributed by atoms with Crippen LogP contribution >= 0.6 is 0 Å². The van der Waals surface area contributed by atoms with Crippen molar-refractivity contribution in [1.29, 1.82) is 0 Å². The number of fused-ring (bicyclic) bond motifs is 1. The second-order valence-electron chi connectivity index (χ2n) is 7.57. The molecule has 150 valence electrons. The fourth-order valence-corrected chi connectivity index (χ4v) is 3.91. The first-order valence-electron chi connectivity index (χ1n) is 10.3. The van der Waals surface area contributed by atoms with Gasteiger partial charge in [-0.3, -0.25) is 9.59 Å². The van der Waals surface area contributed by atoms with E-state index in [1.54, 1.807) is 0 Å². The number of aromatic amines is 1. The lowest BCUT2D eigenvalue weighted by Crippen LogP contribution is -2.45. The van der Waals surface area contributed by atoms with E-state index in [9.17, 15) is 9.59 Å². The van der Waals surface area contributed by atoms with E-state index in [1.165, 1.54) is 5.56 Å². The number of nitrogens with zero attached hydrogens (tertiary/aromatic N) is 2. The largest absolute Gasteiger partial charge is 0.356 e. The second kappa shape index (κ2) is 8.90. The Balaban J connectivity index is 1.35. The van der Waals surface area contributed by atoms with E-state index in [-0.39, 0.29) is 17.4 Å². The predicted octanol–water partition coefficient (Wildman–Crippen LogP) is 2.89. The van der Waals surface area contributed by atoms with Crippen molar-refractivity contribution in [3.63, 3.8) is 0 Å². The number of carbonyl (C=O) groups is 1. The van der Waals surface area contributed by atoms with Crippen LogP contribution in [0.25, 0.3) is 11.0 Å². The Bertz CT molecular complexity index is 1030. The summed E-state index contributed by atoms with van der Waals surface area (Å²) in [4.78, 5) is 34.5. The summed E-state index contributed by atoms with van der Waals surface area (Å²) in [6.07, 6.45) is 3.58. The topological polar surface area (TPSA) is 78.1 Å². The van der Waals surface area contributed by atoms with Crippen molar-refractivity contribution >= 4 is 22.8 Å². The minimum Gasteiger partial charge on any atom is -0.356 e. The second-order valence-corrected chi connectivity index (χ2v) is 7.57. The maximum absolute atomic E-state index is 12.6. The molecular weight excluding hydrogens is 364 g/mol. The molecular formula is C23H26N4O2. The summed E-state index contributed by atoms with van der Waals surface area (Å²) in [6, 6.07) is 17.8. The zero-order valence-electron chi connectivity index (χ0n) is 16.4. The number of benzene rings is 2. The average Bonchev–Trinajstić information content (AvgIpc) is 2.77. The third-order valence-electron chi connectivity index (χ3n) is 5.46. The first kappa shape index (κ1) is 19.2. The van der Waals surface area contributed by atoms with Crippen LogP contribution in [-0.2, 0) is 11.2 Å². The molecule has 1 aliphatic rings. The van der Waals surface area contributed by atoms with Gasteiger partial charge in [0.2, 0.25) is 5.91 Å². The zero-order chi connectivity index (χ0) is 20.1. The molecule has 0 radical (unpaired) electrons. The molecule has 2 aromatic carbocycles. The van der Waals surface area contributed by atoms with Crippen molar-refractivity contribution in [2.24, 2.45) is 5.92 Å². The fraction of sp³-hybridized carbons (Fsp3) is 0.348. The van der Waals surface area contributed by atoms with Gasteiger partial charge in [0.25, 0.3) is 5.56 Å². The minimum atomic E-state index is -0.201. The van der Waals surface area contributed by atoms with E-state index >= 15 is 0 Å². The molecule has 1 atom stereocenters. The van der Waals surface area contributed by atoms with Crippen LogP contribution in [0.5, 0.6) is 0 Å². The molecule has 6 nitrogen and oxygen atoms in total. The van der Waals surface area contributed by atoms with Crippen LogP contribution in [0.15, 0.2) is 59.4 Å². The van der Waals surface area contributed by atoms with Gasteiger partial charge in [0.05, 0.1) is 17.0 Å². The Kier molecular flexibility index (Phi) is 5.89. The van der Waals surface area contributed by atoms with Crippen LogP contribution in [0, 0.1) is 5.92 Å². The molecule has 2 N–H and O–H groups in total. The van der Waals surface area contributed by atoms with Gasteiger partial charge in [-0.25, -0.2) is 4.98 Å². The Morgan fingerprint density at radius 2 is 1.93 bits per heavy atom. The van der Waals surface area contributed by atoms with Crippen LogP contribution in [0.4, 0.5) is 5.82 Å². The Morgan fingerprint density at radius 3 is 2.79 bits per heavy atom. The third-order valence-corrected chi connectivity index (χ3v) is 5.46. The van der Waals surface area contributed by atoms with Crippen molar-refractivity contribution < 1.29 is 4.79 Å². The molecule has 1 fully saturated rings. The number of aromatic nitrogens is 2. The van der Waals surface area contributed by atoms with E-state index in [4.69, 9.17) is 0 Å². The molecule has 1 unspecified atom stereocenters. The molecule has 0 saturated carbocycles. The van der Waals surface area contributed by atoms with Gasteiger partial charge in [-0.15, -0.1) is 0 Å². The van der Waals surface area contributed by atoms with Crippen molar-refractivity contribution in [3.8, 4) is 0 Å². The van der Waals surface area contributed by atoms with E-state index in [0.29, 0.717) is 18.9 Å². The quantitative estimate of drug-likeness (QED) is 0.635. The predicted molar refractivity (Wildman–Crippen MR) is 115 cm³/mol. The molecule has 3 aromatic rings. The van der Waals surface area contributed by atoms with Gasteiger partial charge in [-0.1, -0.05) is 42.5 Å². The highest BCUT2D eigenvalue weighted by molar-refractivity contribution is 5.80. The maximum Gasteiger partial charge on any atom is 0.291 e. The number of anilines is 1. The molecule has 1 saturated heterocycles. The van der Waals surface area contributed by atoms with Crippen LogP contribution < -0.4 is 15.8 Å². The Morgan fingerprint density at radius 1 is 1.14 bits per heavy atom. The number of hydrogen-bond acceptors (Lipinski definition) is 4. The van der Waals surface area contributed by atoms with E-state index in [0.717, 1.165) is 43.3 Å². The summed E-state index contributed by atoms with van der Waals surface area (Å²) in [5.74, 6) is 0.360. The van der Waals surface area contributed by atoms with E-state index < -0.39 is 0 Å². The maximum atomic E-state index is 12.6. The summed E-state index contributed by atoms with van der Waals surface area (Å²) >= 11 is 0. The van der Waals surface area contributed by atoms with Crippen LogP contribution in [0.1, 0.15) is 24.8 Å². The van der Waals surface area contributed by atoms with Gasteiger partial charge in [0.15, 0.2) is 5.82 Å². The van der Waals surface area contributed by atoms with Gasteiger partial charge in [-0.2, -0.15) is 0 Å². The first-order valence-corrected chi connectivity index (χ1v) is 10.3. The summed E-state index contributed by atoms with van der Waals surface area (Å²) in [5.41, 5.74) is 2.57. The number of nitrogens with one attached hydrogen (secondary N) is 2. The smallest absolute Gasteiger partial charge is 0.291 e. The molecule has 0 bridgehead atoms. The number of amides is 1. The van der Waals surface area contributed by atoms with Crippen molar-refractivity contribution in [2.75, 3.05) is 24.5 Å². The number of para-hydroxylation sites is 2. The standard InChI is InChI=1S/C23H26N4O2/c28-22(24-14-6-10-17-8-2-1-3-9-17)18-11-7-15-27(16-18)21-23(29)26-20-13-5-4-12-19(20)25-21/h1-5,8-9,12-13,18H,6-7,10-11,14-16H2,(H,24,28)(H,26,29). The van der Waals surface area contributed by atoms with Crippen LogP contribution in [0.2, 0.25) is 0 Å². The highest BCUT2D eigenvalue weighted by atomic mass is 16.2. The number of hydrogen-bond donors (Lipinski definition) is 2. The lowest BCUT2D eigenvalue weighted by atomic mass is 9.97. The molecule has 0 aliphatic carbocycles. The average molecular weight is 390 g/mol. The van der Waals surface area contributed by atoms with Gasteiger partial charge in [0.1, 0.15) is 0 Å². The molecule has 0 spiro atoms. The van der Waals surface area contributed by atoms with E-state index in [2.05, 4.69) is 27.4 Å². The molecule has 4 rings (SSSR count). The molecule has 1 amide bonds. The zero-order valence-corrected chi connectivity index (χ0v) is 16.4. The lowest BCUT2D eigenvalue weighted by molar-refractivity contribution is -0.125. The van der Waals surface area contributed by atoms with Gasteiger partial charge in [0, 0.05) is 19.6 Å². The number of aryl methyl sites for hydroxylation is 1. The summed E-state index contributed by atoms with van der Waals surface area (Å²) in [6.45, 7) is 1.93. The van der Waals surface area contributed by atoms with Crippen molar-refractivity contribution in [1.82, 2.24) is 15.3 Å². The third kappa shape index (κ3) is 4.65. The SMILES string of the molecule is O=C(NCCCc1ccccc1)C1CCCN(c2nc3ccccc3[nH]c2=O)C1. The molecule has 1 aromatic heterocycles. The lowest BCUT2D eigenvalue weighted by Gasteiger charge is -2.32. The van der Waals surface area contributed by atoms with Crippen LogP contribution in [0.3, 0.4) is 0 Å². The summed E-state index contributed by atoms with van der Waals surface area (Å²) in [7, 11) is 0. The summed E-state index contributed by atoms with van der Waals surface area (Å²) in [5, 5.41) is 3.07. The number of carbonyl (C=O) groups excluding carboxylic acids is 1. The molecule has 2 heterocycles. The fourth-order valence-electron chi connectivity index (χ4n) is 3.91. The molecule has 29 heavy (non-hydrogen) atoms. The van der Waals surface area contributed by atoms with Crippen molar-refractivity contribution in [2.45, 2.75) is 25.7 Å². The van der Waals surface area contributed by atoms with Gasteiger partial charge in [-0.05, 0) is 43.4 Å². The molecule has 6 heteroatoms. The number of piperidine rings is 1. The highest BCUT2D eigenvalue weighted by Crippen LogP contribution is 2.21. The summed E-state index contributed by atoms with van der Waals surface area (Å²) < 4.78 is 0. The van der Waals surface area contributed by atoms with Crippen molar-refractivity contribution in [3.05, 3.63) is 70.5 Å². The number of H-pyrrole nitrogens is 1. The highest BCUT2D eigenvalue weighted by Gasteiger charge is 2.27. The van der Waals surface area contributed by atoms with E-state index in [1.807, 2.05) is 47.4 Å². The number of rotatable bonds is 6. The Hall–Kier alpha value is -3.15. The molecule has 1 aliphatic heterocycles. The minimum absolute atomic E-state index is 0.0694. The first-order chi connectivity index (χ1) is 14.2. The Labute approximate surface area is 170 Å². The normalized spacial score (nSPS) is 16.7. The van der Waals surface area contributed by atoms with Gasteiger partial charge < -0.3 is 15.2 Å². The monoisotopic (exact) mass is 390 g/mol.